The highest BCUT2D eigenvalue weighted by molar-refractivity contribution is 5.41. The molecule has 0 aliphatic carbocycles. The standard InChI is InChI=1S/C8H13N3O/c1-5-6(2)10-11(9-5)7(3)8(4)12/h12H,1-4H3/b8-7-. The van der Waals surface area contributed by atoms with E-state index in [1.54, 1.807) is 13.8 Å². The Kier molecular flexibility index (Phi) is 2.17. The topological polar surface area (TPSA) is 50.9 Å². The van der Waals surface area contributed by atoms with Crippen molar-refractivity contribution in [3.63, 3.8) is 0 Å². The molecule has 0 radical (unpaired) electrons. The van der Waals surface area contributed by atoms with Crippen LogP contribution in [0.5, 0.6) is 0 Å². The van der Waals surface area contributed by atoms with Crippen LogP contribution in [0.15, 0.2) is 5.76 Å². The quantitative estimate of drug-likeness (QED) is 0.647. The molecule has 4 heteroatoms. The number of aryl methyl sites for hydroxylation is 2. The molecule has 0 saturated carbocycles. The summed E-state index contributed by atoms with van der Waals surface area (Å²) in [6, 6.07) is 0. The van der Waals surface area contributed by atoms with Crippen LogP contribution in [0.25, 0.3) is 5.70 Å². The second-order valence-electron chi connectivity index (χ2n) is 2.83. The van der Waals surface area contributed by atoms with Crippen LogP contribution in [0.2, 0.25) is 0 Å². The average molecular weight is 167 g/mol. The van der Waals surface area contributed by atoms with Crippen LogP contribution in [-0.4, -0.2) is 20.1 Å². The van der Waals surface area contributed by atoms with Gasteiger partial charge in [-0.2, -0.15) is 15.0 Å². The number of allylic oxidation sites excluding steroid dienone is 2. The molecule has 0 aliphatic rings. The van der Waals surface area contributed by atoms with E-state index in [0.29, 0.717) is 5.70 Å². The second-order valence-corrected chi connectivity index (χ2v) is 2.83. The van der Waals surface area contributed by atoms with Crippen molar-refractivity contribution in [3.8, 4) is 0 Å². The van der Waals surface area contributed by atoms with Crippen molar-refractivity contribution in [2.24, 2.45) is 0 Å². The van der Waals surface area contributed by atoms with Gasteiger partial charge in [0.25, 0.3) is 0 Å². The molecule has 1 aromatic rings. The van der Waals surface area contributed by atoms with Crippen LogP contribution in [0.1, 0.15) is 25.2 Å². The highest BCUT2D eigenvalue weighted by atomic mass is 16.3. The molecule has 1 aromatic heterocycles. The highest BCUT2D eigenvalue weighted by Gasteiger charge is 2.04. The number of nitrogens with zero attached hydrogens (tertiary/aromatic N) is 3. The molecule has 12 heavy (non-hydrogen) atoms. The van der Waals surface area contributed by atoms with Gasteiger partial charge in [0.15, 0.2) is 0 Å². The molecule has 0 saturated heterocycles. The molecule has 1 rings (SSSR count). The minimum atomic E-state index is 0.241. The molecule has 1 heterocycles. The zero-order valence-electron chi connectivity index (χ0n) is 7.79. The van der Waals surface area contributed by atoms with E-state index in [4.69, 9.17) is 5.11 Å². The predicted octanol–water partition coefficient (Wildman–Crippen LogP) is 1.66. The van der Waals surface area contributed by atoms with Gasteiger partial charge in [-0.05, 0) is 27.7 Å². The third kappa shape index (κ3) is 1.47. The van der Waals surface area contributed by atoms with Gasteiger partial charge in [-0.1, -0.05) is 0 Å². The first kappa shape index (κ1) is 8.77. The number of aliphatic hydroxyl groups excluding tert-OH is 1. The Balaban J connectivity index is 3.14. The maximum atomic E-state index is 9.15. The molecule has 0 spiro atoms. The van der Waals surface area contributed by atoms with Gasteiger partial charge < -0.3 is 5.11 Å². The number of hydrogen-bond acceptors (Lipinski definition) is 3. The summed E-state index contributed by atoms with van der Waals surface area (Å²) in [5.41, 5.74) is 2.43. The fourth-order valence-electron chi connectivity index (χ4n) is 0.746. The summed E-state index contributed by atoms with van der Waals surface area (Å²) in [6.45, 7) is 7.16. The first-order valence-corrected chi connectivity index (χ1v) is 3.79. The molecule has 0 aromatic carbocycles. The fourth-order valence-corrected chi connectivity index (χ4v) is 0.746. The molecule has 66 valence electrons. The van der Waals surface area contributed by atoms with Gasteiger partial charge in [0.1, 0.15) is 5.76 Å². The highest BCUT2D eigenvalue weighted by Crippen LogP contribution is 2.07. The molecular formula is C8H13N3O. The monoisotopic (exact) mass is 167 g/mol. The van der Waals surface area contributed by atoms with Crippen LogP contribution >= 0.6 is 0 Å². The summed E-state index contributed by atoms with van der Waals surface area (Å²) in [5.74, 6) is 0.241. The fraction of sp³-hybridized carbons (Fsp3) is 0.500. The molecule has 0 bridgehead atoms. The van der Waals surface area contributed by atoms with E-state index in [-0.39, 0.29) is 5.76 Å². The van der Waals surface area contributed by atoms with Crippen molar-refractivity contribution in [2.45, 2.75) is 27.7 Å². The second kappa shape index (κ2) is 2.97. The van der Waals surface area contributed by atoms with E-state index < -0.39 is 0 Å². The third-order valence-corrected chi connectivity index (χ3v) is 1.84. The molecule has 0 fully saturated rings. The van der Waals surface area contributed by atoms with Gasteiger partial charge in [0, 0.05) is 0 Å². The largest absolute Gasteiger partial charge is 0.511 e. The molecule has 0 amide bonds. The normalized spacial score (nSPS) is 13.0. The minimum Gasteiger partial charge on any atom is -0.511 e. The molecule has 0 atom stereocenters. The Hall–Kier alpha value is -1.32. The molecule has 0 aliphatic heterocycles. The van der Waals surface area contributed by atoms with Crippen molar-refractivity contribution in [3.05, 3.63) is 17.1 Å². The Morgan fingerprint density at radius 2 is 1.58 bits per heavy atom. The van der Waals surface area contributed by atoms with E-state index in [2.05, 4.69) is 10.2 Å². The SMILES string of the molecule is C/C(O)=C(\C)n1nc(C)c(C)n1. The molecule has 4 nitrogen and oxygen atoms in total. The van der Waals surface area contributed by atoms with Gasteiger partial charge >= 0.3 is 0 Å². The zero-order chi connectivity index (χ0) is 9.30. The number of rotatable bonds is 1. The van der Waals surface area contributed by atoms with Crippen LogP contribution < -0.4 is 0 Å². The number of aromatic nitrogens is 3. The van der Waals surface area contributed by atoms with Crippen molar-refractivity contribution in [1.29, 1.82) is 0 Å². The Morgan fingerprint density at radius 3 is 1.92 bits per heavy atom. The maximum absolute atomic E-state index is 9.15. The van der Waals surface area contributed by atoms with Crippen molar-refractivity contribution < 1.29 is 5.11 Å². The first-order valence-electron chi connectivity index (χ1n) is 3.79. The van der Waals surface area contributed by atoms with E-state index in [0.717, 1.165) is 11.4 Å². The van der Waals surface area contributed by atoms with Gasteiger partial charge in [-0.25, -0.2) is 0 Å². The first-order chi connectivity index (χ1) is 5.52. The molecule has 0 unspecified atom stereocenters. The van der Waals surface area contributed by atoms with Gasteiger partial charge in [0.2, 0.25) is 0 Å². The maximum Gasteiger partial charge on any atom is 0.112 e. The van der Waals surface area contributed by atoms with Crippen molar-refractivity contribution in [1.82, 2.24) is 15.0 Å². The smallest absolute Gasteiger partial charge is 0.112 e. The summed E-state index contributed by atoms with van der Waals surface area (Å²) in [6.07, 6.45) is 0. The van der Waals surface area contributed by atoms with E-state index >= 15 is 0 Å². The molecular weight excluding hydrogens is 154 g/mol. The zero-order valence-corrected chi connectivity index (χ0v) is 7.79. The van der Waals surface area contributed by atoms with Gasteiger partial charge in [-0.15, -0.1) is 0 Å². The van der Waals surface area contributed by atoms with Crippen LogP contribution in [0.3, 0.4) is 0 Å². The van der Waals surface area contributed by atoms with E-state index in [1.807, 2.05) is 13.8 Å². The summed E-state index contributed by atoms with van der Waals surface area (Å²) < 4.78 is 0. The Morgan fingerprint density at radius 1 is 1.17 bits per heavy atom. The van der Waals surface area contributed by atoms with Crippen LogP contribution in [0, 0.1) is 13.8 Å². The Labute approximate surface area is 71.5 Å². The van der Waals surface area contributed by atoms with E-state index in [1.165, 1.54) is 4.80 Å². The van der Waals surface area contributed by atoms with Gasteiger partial charge in [-0.3, -0.25) is 0 Å². The molecule has 1 N–H and O–H groups in total. The van der Waals surface area contributed by atoms with Crippen molar-refractivity contribution in [2.75, 3.05) is 0 Å². The Bertz CT molecular complexity index is 302. The third-order valence-electron chi connectivity index (χ3n) is 1.84. The van der Waals surface area contributed by atoms with Crippen LogP contribution in [-0.2, 0) is 0 Å². The number of aliphatic hydroxyl groups is 1. The lowest BCUT2D eigenvalue weighted by molar-refractivity contribution is 0.410. The summed E-state index contributed by atoms with van der Waals surface area (Å²) in [7, 11) is 0. The predicted molar refractivity (Wildman–Crippen MR) is 46.7 cm³/mol. The lowest BCUT2D eigenvalue weighted by Gasteiger charge is -1.98. The number of hydrogen-bond donors (Lipinski definition) is 1. The summed E-state index contributed by atoms with van der Waals surface area (Å²) in [5, 5.41) is 17.4. The lowest BCUT2D eigenvalue weighted by atomic mass is 10.4. The minimum absolute atomic E-state index is 0.241. The summed E-state index contributed by atoms with van der Waals surface area (Å²) in [4.78, 5) is 1.44. The summed E-state index contributed by atoms with van der Waals surface area (Å²) >= 11 is 0. The average Bonchev–Trinajstić information content (AvgIpc) is 2.30. The van der Waals surface area contributed by atoms with Crippen LogP contribution in [0.4, 0.5) is 0 Å². The van der Waals surface area contributed by atoms with E-state index in [9.17, 15) is 0 Å². The lowest BCUT2D eigenvalue weighted by Crippen LogP contribution is -2.00. The van der Waals surface area contributed by atoms with Crippen molar-refractivity contribution >= 4 is 5.70 Å². The van der Waals surface area contributed by atoms with Gasteiger partial charge in [0.05, 0.1) is 17.1 Å².